The quantitative estimate of drug-likeness (QED) is 0.697. The number of carboxylic acid groups (broad SMARTS) is 1. The highest BCUT2D eigenvalue weighted by Gasteiger charge is 2.02. The summed E-state index contributed by atoms with van der Waals surface area (Å²) in [6.45, 7) is 0. The first-order valence-electron chi connectivity index (χ1n) is 3.11. The van der Waals surface area contributed by atoms with E-state index >= 15 is 0 Å². The average Bonchev–Trinajstić information content (AvgIpc) is 2.04. The van der Waals surface area contributed by atoms with Crippen molar-refractivity contribution in [2.24, 2.45) is 0 Å². The Labute approximate surface area is 77.1 Å². The van der Waals surface area contributed by atoms with Crippen LogP contribution in [0.5, 0.6) is 0 Å². The highest BCUT2D eigenvalue weighted by atomic mass is 79.9. The number of hydrogen-bond acceptors (Lipinski definition) is 3. The third-order valence-corrected chi connectivity index (χ3v) is 1.86. The molecule has 0 unspecified atom stereocenters. The van der Waals surface area contributed by atoms with Gasteiger partial charge in [0.2, 0.25) is 0 Å². The maximum Gasteiger partial charge on any atom is 0.150 e. The highest BCUT2D eigenvalue weighted by molar-refractivity contribution is 9.10. The molecule has 3 nitrogen and oxygen atoms in total. The van der Waals surface area contributed by atoms with E-state index in [2.05, 4.69) is 15.9 Å². The van der Waals surface area contributed by atoms with E-state index in [4.69, 9.17) is 0 Å². The molecule has 62 valence electrons. The molecule has 0 heterocycles. The SMILES string of the molecule is O=Cc1ccc(Br)cc1C(=O)[O-]. The Bertz CT molecular complexity index is 333. The molecule has 0 saturated heterocycles. The lowest BCUT2D eigenvalue weighted by Gasteiger charge is -2.05. The van der Waals surface area contributed by atoms with E-state index < -0.39 is 5.97 Å². The summed E-state index contributed by atoms with van der Waals surface area (Å²) in [6.07, 6.45) is 0.484. The zero-order valence-corrected chi connectivity index (χ0v) is 7.50. The van der Waals surface area contributed by atoms with Gasteiger partial charge in [0, 0.05) is 15.6 Å². The molecular weight excluding hydrogens is 224 g/mol. The van der Waals surface area contributed by atoms with Crippen molar-refractivity contribution < 1.29 is 14.7 Å². The van der Waals surface area contributed by atoms with Crippen LogP contribution in [0.1, 0.15) is 20.7 Å². The van der Waals surface area contributed by atoms with E-state index in [1.807, 2.05) is 0 Å². The number of rotatable bonds is 2. The second-order valence-corrected chi connectivity index (χ2v) is 3.05. The maximum atomic E-state index is 10.4. The minimum Gasteiger partial charge on any atom is -0.545 e. The van der Waals surface area contributed by atoms with E-state index in [0.29, 0.717) is 10.8 Å². The van der Waals surface area contributed by atoms with Crippen molar-refractivity contribution >= 4 is 28.2 Å². The van der Waals surface area contributed by atoms with Crippen molar-refractivity contribution in [3.8, 4) is 0 Å². The van der Waals surface area contributed by atoms with Crippen LogP contribution in [-0.4, -0.2) is 12.3 Å². The third kappa shape index (κ3) is 1.71. The van der Waals surface area contributed by atoms with Gasteiger partial charge in [-0.3, -0.25) is 4.79 Å². The van der Waals surface area contributed by atoms with Crippen molar-refractivity contribution in [1.82, 2.24) is 0 Å². The average molecular weight is 228 g/mol. The van der Waals surface area contributed by atoms with Gasteiger partial charge in [0.05, 0.1) is 5.97 Å². The molecule has 0 radical (unpaired) electrons. The minimum atomic E-state index is -1.35. The van der Waals surface area contributed by atoms with Gasteiger partial charge in [-0.15, -0.1) is 0 Å². The molecule has 1 rings (SSSR count). The van der Waals surface area contributed by atoms with Gasteiger partial charge in [-0.1, -0.05) is 15.9 Å². The Morgan fingerprint density at radius 2 is 2.17 bits per heavy atom. The summed E-state index contributed by atoms with van der Waals surface area (Å²) in [6, 6.07) is 4.34. The number of carbonyl (C=O) groups is 2. The molecule has 0 N–H and O–H groups in total. The number of hydrogen-bond donors (Lipinski definition) is 0. The van der Waals surface area contributed by atoms with Crippen LogP contribution in [0.4, 0.5) is 0 Å². The Hall–Kier alpha value is -1.16. The van der Waals surface area contributed by atoms with Crippen LogP contribution in [0.2, 0.25) is 0 Å². The lowest BCUT2D eigenvalue weighted by Crippen LogP contribution is -2.23. The van der Waals surface area contributed by atoms with Gasteiger partial charge in [-0.2, -0.15) is 0 Å². The van der Waals surface area contributed by atoms with Gasteiger partial charge in [-0.05, 0) is 18.2 Å². The number of aldehydes is 1. The van der Waals surface area contributed by atoms with E-state index in [1.54, 1.807) is 6.07 Å². The zero-order valence-electron chi connectivity index (χ0n) is 5.91. The molecule has 0 fully saturated rings. The Morgan fingerprint density at radius 1 is 1.50 bits per heavy atom. The highest BCUT2D eigenvalue weighted by Crippen LogP contribution is 2.14. The van der Waals surface area contributed by atoms with Crippen LogP contribution in [0.25, 0.3) is 0 Å². The van der Waals surface area contributed by atoms with Crippen LogP contribution in [0, 0.1) is 0 Å². The lowest BCUT2D eigenvalue weighted by atomic mass is 10.1. The van der Waals surface area contributed by atoms with Crippen LogP contribution < -0.4 is 5.11 Å². The van der Waals surface area contributed by atoms with Gasteiger partial charge in [0.1, 0.15) is 0 Å². The second kappa shape index (κ2) is 3.49. The van der Waals surface area contributed by atoms with Crippen LogP contribution >= 0.6 is 15.9 Å². The minimum absolute atomic E-state index is 0.0978. The normalized spacial score (nSPS) is 9.42. The molecule has 0 amide bonds. The predicted octanol–water partition coefficient (Wildman–Crippen LogP) is 0.625. The number of halogens is 1. The van der Waals surface area contributed by atoms with E-state index in [1.165, 1.54) is 12.1 Å². The Morgan fingerprint density at radius 3 is 2.67 bits per heavy atom. The number of benzene rings is 1. The van der Waals surface area contributed by atoms with Crippen molar-refractivity contribution in [3.05, 3.63) is 33.8 Å². The van der Waals surface area contributed by atoms with Gasteiger partial charge < -0.3 is 9.90 Å². The molecule has 12 heavy (non-hydrogen) atoms. The molecule has 1 aromatic rings. The largest absolute Gasteiger partial charge is 0.545 e. The smallest absolute Gasteiger partial charge is 0.150 e. The monoisotopic (exact) mass is 227 g/mol. The van der Waals surface area contributed by atoms with Crippen LogP contribution in [0.15, 0.2) is 22.7 Å². The summed E-state index contributed by atoms with van der Waals surface area (Å²) in [4.78, 5) is 20.8. The molecule has 4 heteroatoms. The molecule has 0 aliphatic carbocycles. The van der Waals surface area contributed by atoms with Gasteiger partial charge in [-0.25, -0.2) is 0 Å². The summed E-state index contributed by atoms with van der Waals surface area (Å²) in [5, 5.41) is 10.4. The lowest BCUT2D eigenvalue weighted by molar-refractivity contribution is -0.255. The van der Waals surface area contributed by atoms with Crippen LogP contribution in [0.3, 0.4) is 0 Å². The third-order valence-electron chi connectivity index (χ3n) is 1.36. The first-order chi connectivity index (χ1) is 5.65. The van der Waals surface area contributed by atoms with Gasteiger partial charge in [0.15, 0.2) is 6.29 Å². The van der Waals surface area contributed by atoms with E-state index in [0.717, 1.165) is 0 Å². The topological polar surface area (TPSA) is 57.2 Å². The number of aromatic carboxylic acids is 1. The second-order valence-electron chi connectivity index (χ2n) is 2.14. The molecular formula is C8H4BrO3-. The van der Waals surface area contributed by atoms with Crippen molar-refractivity contribution in [3.63, 3.8) is 0 Å². The molecule has 1 aromatic carbocycles. The number of carbonyl (C=O) groups excluding carboxylic acids is 2. The van der Waals surface area contributed by atoms with Gasteiger partial charge >= 0.3 is 0 Å². The van der Waals surface area contributed by atoms with Crippen LogP contribution in [-0.2, 0) is 0 Å². The van der Waals surface area contributed by atoms with Crippen molar-refractivity contribution in [2.75, 3.05) is 0 Å². The summed E-state index contributed by atoms with van der Waals surface area (Å²) >= 11 is 3.09. The summed E-state index contributed by atoms with van der Waals surface area (Å²) in [5.74, 6) is -1.35. The molecule has 0 spiro atoms. The number of carboxylic acids is 1. The van der Waals surface area contributed by atoms with E-state index in [-0.39, 0.29) is 11.1 Å². The Kier molecular flexibility index (Phi) is 2.60. The molecule has 0 aromatic heterocycles. The maximum absolute atomic E-state index is 10.4. The standard InChI is InChI=1S/C8H5BrO3/c9-6-2-1-5(4-10)7(3-6)8(11)12/h1-4H,(H,11,12)/p-1. The molecule has 0 aliphatic rings. The van der Waals surface area contributed by atoms with Crippen molar-refractivity contribution in [1.29, 1.82) is 0 Å². The summed E-state index contributed by atoms with van der Waals surface area (Å²) in [7, 11) is 0. The molecule has 0 bridgehead atoms. The summed E-state index contributed by atoms with van der Waals surface area (Å²) < 4.78 is 0.604. The Balaban J connectivity index is 3.30. The first kappa shape index (κ1) is 8.93. The zero-order chi connectivity index (χ0) is 9.14. The fourth-order valence-corrected chi connectivity index (χ4v) is 1.17. The van der Waals surface area contributed by atoms with Gasteiger partial charge in [0.25, 0.3) is 0 Å². The molecule has 0 atom stereocenters. The fraction of sp³-hybridized carbons (Fsp3) is 0. The van der Waals surface area contributed by atoms with E-state index in [9.17, 15) is 14.7 Å². The first-order valence-corrected chi connectivity index (χ1v) is 3.90. The molecule has 0 saturated carbocycles. The molecule has 0 aliphatic heterocycles. The fourth-order valence-electron chi connectivity index (χ4n) is 0.808. The predicted molar refractivity (Wildman–Crippen MR) is 43.9 cm³/mol. The van der Waals surface area contributed by atoms with Crippen molar-refractivity contribution in [2.45, 2.75) is 0 Å². The summed E-state index contributed by atoms with van der Waals surface area (Å²) in [5.41, 5.74) is 0.0255.